The molecule has 31 heavy (non-hydrogen) atoms. The summed E-state index contributed by atoms with van der Waals surface area (Å²) >= 11 is 0. The molecule has 0 unspecified atom stereocenters. The second-order valence-corrected chi connectivity index (χ2v) is 8.27. The summed E-state index contributed by atoms with van der Waals surface area (Å²) in [6, 6.07) is 23.2. The normalized spacial score (nSPS) is 16.8. The Bertz CT molecular complexity index is 1090. The van der Waals surface area contributed by atoms with E-state index in [1.54, 1.807) is 17.0 Å². The number of hydrazone groups is 1. The van der Waals surface area contributed by atoms with Gasteiger partial charge in [-0.2, -0.15) is 5.10 Å². The summed E-state index contributed by atoms with van der Waals surface area (Å²) in [5.41, 5.74) is 7.46. The summed E-state index contributed by atoms with van der Waals surface area (Å²) in [5.74, 6) is 0.258. The van der Waals surface area contributed by atoms with Gasteiger partial charge in [0.15, 0.2) is 0 Å². The van der Waals surface area contributed by atoms with Crippen molar-refractivity contribution in [3.05, 3.63) is 83.4 Å². The lowest BCUT2D eigenvalue weighted by Crippen LogP contribution is -3.14. The Balaban J connectivity index is 1.33. The molecule has 5 rings (SSSR count). The summed E-state index contributed by atoms with van der Waals surface area (Å²) in [6.07, 6.45) is 0. The smallest absolute Gasteiger partial charge is 0.140 e. The van der Waals surface area contributed by atoms with Gasteiger partial charge in [0.05, 0.1) is 39.0 Å². The van der Waals surface area contributed by atoms with E-state index in [-0.39, 0.29) is 5.75 Å². The minimum Gasteiger partial charge on any atom is -0.870 e. The fourth-order valence-electron chi connectivity index (χ4n) is 4.93. The third-order valence-electron chi connectivity index (χ3n) is 6.50. The number of nitrogens with zero attached hydrogens (tertiary/aromatic N) is 2. The van der Waals surface area contributed by atoms with Crippen LogP contribution in [0.1, 0.15) is 29.7 Å². The van der Waals surface area contributed by atoms with Crippen LogP contribution in [0.25, 0.3) is 11.1 Å². The molecule has 1 heterocycles. The summed E-state index contributed by atoms with van der Waals surface area (Å²) in [4.78, 5) is 1.60. The lowest BCUT2D eigenvalue weighted by molar-refractivity contribution is -0.929. The zero-order valence-corrected chi connectivity index (χ0v) is 18.0. The molecule has 0 bridgehead atoms. The molecule has 0 aromatic heterocycles. The van der Waals surface area contributed by atoms with E-state index in [2.05, 4.69) is 53.5 Å². The zero-order valence-electron chi connectivity index (χ0n) is 18.0. The van der Waals surface area contributed by atoms with Gasteiger partial charge in [0.2, 0.25) is 0 Å². The quantitative estimate of drug-likeness (QED) is 0.669. The van der Waals surface area contributed by atoms with Crippen LogP contribution in [-0.2, 0) is 0 Å². The van der Waals surface area contributed by atoms with Crippen LogP contribution < -0.4 is 14.7 Å². The summed E-state index contributed by atoms with van der Waals surface area (Å²) in [6.45, 7) is 5.87. The molecule has 0 spiro atoms. The molecule has 3 aromatic rings. The first-order valence-electron chi connectivity index (χ1n) is 10.8. The van der Waals surface area contributed by atoms with Crippen molar-refractivity contribution in [3.63, 3.8) is 0 Å². The Labute approximate surface area is 183 Å². The van der Waals surface area contributed by atoms with Gasteiger partial charge in [0, 0.05) is 16.7 Å². The molecule has 1 N–H and O–H groups in total. The first-order chi connectivity index (χ1) is 15.2. The number of ether oxygens (including phenoxy) is 1. The van der Waals surface area contributed by atoms with Crippen molar-refractivity contribution in [2.24, 2.45) is 5.10 Å². The first-order valence-corrected chi connectivity index (χ1v) is 10.8. The Hall–Kier alpha value is -3.31. The Morgan fingerprint density at radius 2 is 1.58 bits per heavy atom. The van der Waals surface area contributed by atoms with Gasteiger partial charge in [0.25, 0.3) is 0 Å². The van der Waals surface area contributed by atoms with Crippen molar-refractivity contribution in [3.8, 4) is 22.6 Å². The van der Waals surface area contributed by atoms with Crippen LogP contribution in [0.2, 0.25) is 0 Å². The maximum atomic E-state index is 11.8. The third kappa shape index (κ3) is 3.55. The molecular weight excluding hydrogens is 386 g/mol. The Morgan fingerprint density at radius 3 is 2.19 bits per heavy atom. The minimum absolute atomic E-state index is 0.103. The molecule has 0 radical (unpaired) electrons. The Morgan fingerprint density at radius 1 is 0.968 bits per heavy atom. The number of quaternary nitrogens is 1. The monoisotopic (exact) mass is 413 g/mol. The predicted molar refractivity (Wildman–Crippen MR) is 121 cm³/mol. The van der Waals surface area contributed by atoms with Gasteiger partial charge in [0.1, 0.15) is 11.8 Å². The molecule has 5 heteroatoms. The number of nitrogens with one attached hydrogen (secondary N) is 1. The fraction of sp³-hybridized carbons (Fsp3) is 0.269. The molecule has 5 nitrogen and oxygen atoms in total. The summed E-state index contributed by atoms with van der Waals surface area (Å²) in [7, 11) is 1.52. The molecule has 1 saturated heterocycles. The topological polar surface area (TPSA) is 52.3 Å². The molecule has 0 atom stereocenters. The predicted octanol–water partition coefficient (Wildman–Crippen LogP) is 2.46. The van der Waals surface area contributed by atoms with E-state index in [1.807, 2.05) is 13.0 Å². The maximum absolute atomic E-state index is 11.8. The average molecular weight is 414 g/mol. The third-order valence-corrected chi connectivity index (χ3v) is 6.50. The van der Waals surface area contributed by atoms with Crippen LogP contribution in [0, 0.1) is 0 Å². The molecule has 0 amide bonds. The van der Waals surface area contributed by atoms with E-state index in [9.17, 15) is 5.11 Å². The summed E-state index contributed by atoms with van der Waals surface area (Å²) < 4.78 is 5.17. The van der Waals surface area contributed by atoms with Crippen LogP contribution in [0.3, 0.4) is 0 Å². The SMILES string of the molecule is COc1cc(C(C)=NN2CC[NH+](C3c4ccccc4-c4ccccc43)CC2)ccc1[O-]. The van der Waals surface area contributed by atoms with Gasteiger partial charge >= 0.3 is 0 Å². The van der Waals surface area contributed by atoms with E-state index in [1.165, 1.54) is 29.4 Å². The lowest BCUT2D eigenvalue weighted by atomic mass is 10.0. The summed E-state index contributed by atoms with van der Waals surface area (Å²) in [5, 5.41) is 18.8. The van der Waals surface area contributed by atoms with Crippen LogP contribution >= 0.6 is 0 Å². The molecule has 1 aliphatic heterocycles. The van der Waals surface area contributed by atoms with E-state index in [0.717, 1.165) is 37.5 Å². The van der Waals surface area contributed by atoms with Crippen molar-refractivity contribution in [2.75, 3.05) is 33.3 Å². The molecule has 2 aliphatic rings. The number of hydrogen-bond acceptors (Lipinski definition) is 4. The Kier molecular flexibility index (Phi) is 5.12. The maximum Gasteiger partial charge on any atom is 0.140 e. The van der Waals surface area contributed by atoms with E-state index in [4.69, 9.17) is 9.84 Å². The number of hydrogen-bond donors (Lipinski definition) is 1. The van der Waals surface area contributed by atoms with Crippen molar-refractivity contribution >= 4 is 5.71 Å². The molecule has 1 fully saturated rings. The number of methoxy groups -OCH3 is 1. The van der Waals surface area contributed by atoms with Gasteiger partial charge in [-0.3, -0.25) is 5.01 Å². The van der Waals surface area contributed by atoms with Crippen LogP contribution in [0.15, 0.2) is 71.8 Å². The molecule has 158 valence electrons. The average Bonchev–Trinajstić information content (AvgIpc) is 3.14. The standard InChI is InChI=1S/C26H27N3O2/c1-18(19-11-12-24(30)25(17-19)31-2)27-29-15-13-28(14-16-29)26-22-9-5-3-7-20(22)21-8-4-6-10-23(21)26/h3-12,17,26,30H,13-16H2,1-2H3. The van der Waals surface area contributed by atoms with Gasteiger partial charge < -0.3 is 14.7 Å². The zero-order chi connectivity index (χ0) is 21.4. The van der Waals surface area contributed by atoms with E-state index in [0.29, 0.717) is 11.8 Å². The van der Waals surface area contributed by atoms with Crippen molar-refractivity contribution in [2.45, 2.75) is 13.0 Å². The van der Waals surface area contributed by atoms with Gasteiger partial charge in [-0.15, -0.1) is 0 Å². The highest BCUT2D eigenvalue weighted by atomic mass is 16.5. The van der Waals surface area contributed by atoms with Gasteiger partial charge in [-0.1, -0.05) is 66.4 Å². The van der Waals surface area contributed by atoms with Crippen LogP contribution in [0.4, 0.5) is 0 Å². The van der Waals surface area contributed by atoms with E-state index < -0.39 is 0 Å². The molecule has 3 aromatic carbocycles. The van der Waals surface area contributed by atoms with Crippen LogP contribution in [0.5, 0.6) is 11.5 Å². The number of piperazine rings is 1. The van der Waals surface area contributed by atoms with Crippen molar-refractivity contribution < 1.29 is 14.7 Å². The molecule has 1 aliphatic carbocycles. The highest BCUT2D eigenvalue weighted by molar-refractivity contribution is 5.99. The van der Waals surface area contributed by atoms with Crippen LogP contribution in [-0.4, -0.2) is 44.0 Å². The van der Waals surface area contributed by atoms with Gasteiger partial charge in [-0.25, -0.2) is 0 Å². The fourth-order valence-corrected chi connectivity index (χ4v) is 4.93. The largest absolute Gasteiger partial charge is 0.870 e. The van der Waals surface area contributed by atoms with E-state index >= 15 is 0 Å². The van der Waals surface area contributed by atoms with Crippen molar-refractivity contribution in [1.29, 1.82) is 0 Å². The highest BCUT2D eigenvalue weighted by Crippen LogP contribution is 2.41. The molecule has 0 saturated carbocycles. The van der Waals surface area contributed by atoms with Gasteiger partial charge in [-0.05, 0) is 24.1 Å². The lowest BCUT2D eigenvalue weighted by Gasteiger charge is -2.35. The molecular formula is C26H27N3O2. The minimum atomic E-state index is -0.103. The number of rotatable bonds is 4. The first kappa shape index (κ1) is 19.6. The number of benzene rings is 3. The van der Waals surface area contributed by atoms with Crippen molar-refractivity contribution in [1.82, 2.24) is 5.01 Å². The number of fused-ring (bicyclic) bond motifs is 3. The highest BCUT2D eigenvalue weighted by Gasteiger charge is 2.37. The second kappa shape index (κ2) is 8.08. The second-order valence-electron chi connectivity index (χ2n) is 8.27.